The van der Waals surface area contributed by atoms with Gasteiger partial charge in [0.25, 0.3) is 6.71 Å². The number of benzene rings is 3. The summed E-state index contributed by atoms with van der Waals surface area (Å²) in [5.41, 5.74) is 15.3. The molecule has 0 amide bonds. The highest BCUT2D eigenvalue weighted by atomic mass is 32.1. The molecule has 3 aliphatic rings. The summed E-state index contributed by atoms with van der Waals surface area (Å²) in [6, 6.07) is 24.3. The average molecular weight is 651 g/mol. The summed E-state index contributed by atoms with van der Waals surface area (Å²) in [5, 5.41) is 1.36. The van der Waals surface area contributed by atoms with Crippen LogP contribution < -0.4 is 20.6 Å². The number of anilines is 3. The van der Waals surface area contributed by atoms with Crippen molar-refractivity contribution in [3.63, 3.8) is 0 Å². The van der Waals surface area contributed by atoms with E-state index in [1.54, 1.807) is 0 Å². The van der Waals surface area contributed by atoms with Gasteiger partial charge < -0.3 is 4.90 Å². The molecule has 8 rings (SSSR count). The molecule has 0 N–H and O–H groups in total. The van der Waals surface area contributed by atoms with Crippen molar-refractivity contribution in [3.05, 3.63) is 100 Å². The largest absolute Gasteiger partial charge is 0.310 e. The molecule has 4 heteroatoms. The Morgan fingerprint density at radius 3 is 2.02 bits per heavy atom. The van der Waals surface area contributed by atoms with Crippen molar-refractivity contribution in [1.29, 1.82) is 0 Å². The predicted octanol–water partition coefficient (Wildman–Crippen LogP) is 10.2. The number of aromatic nitrogens is 1. The molecular weight excluding hydrogens is 599 g/mol. The van der Waals surface area contributed by atoms with Crippen LogP contribution in [0.4, 0.5) is 17.1 Å². The van der Waals surface area contributed by atoms with Gasteiger partial charge in [-0.25, -0.2) is 0 Å². The van der Waals surface area contributed by atoms with E-state index >= 15 is 0 Å². The fraction of sp³-hybridized carbons (Fsp3) is 0.432. The second-order valence-electron chi connectivity index (χ2n) is 18.8. The smallest absolute Gasteiger partial charge is 0.262 e. The first-order valence-electron chi connectivity index (χ1n) is 18.0. The maximum absolute atomic E-state index is 5.23. The van der Waals surface area contributed by atoms with Crippen LogP contribution in [0.3, 0.4) is 0 Å². The molecule has 2 aromatic heterocycles. The third kappa shape index (κ3) is 4.47. The Morgan fingerprint density at radius 2 is 1.33 bits per heavy atom. The molecule has 0 fully saturated rings. The van der Waals surface area contributed by atoms with Gasteiger partial charge in [0.1, 0.15) is 0 Å². The molecule has 48 heavy (non-hydrogen) atoms. The van der Waals surface area contributed by atoms with Crippen molar-refractivity contribution >= 4 is 60.9 Å². The van der Waals surface area contributed by atoms with E-state index in [9.17, 15) is 0 Å². The summed E-state index contributed by atoms with van der Waals surface area (Å²) < 4.78 is 2.80. The average Bonchev–Trinajstić information content (AvgIpc) is 3.38. The van der Waals surface area contributed by atoms with E-state index in [0.717, 1.165) is 0 Å². The molecule has 0 spiro atoms. The summed E-state index contributed by atoms with van der Waals surface area (Å²) in [4.78, 5) is 7.86. The Balaban J connectivity index is 1.48. The van der Waals surface area contributed by atoms with Crippen molar-refractivity contribution < 1.29 is 0 Å². The summed E-state index contributed by atoms with van der Waals surface area (Å²) in [6.07, 6.45) is 4.49. The fourth-order valence-electron chi connectivity index (χ4n) is 8.93. The van der Waals surface area contributed by atoms with Crippen molar-refractivity contribution in [2.45, 2.75) is 123 Å². The number of hydrogen-bond donors (Lipinski definition) is 0. The van der Waals surface area contributed by atoms with E-state index in [-0.39, 0.29) is 33.8 Å². The molecule has 2 nitrogen and oxygen atoms in total. The van der Waals surface area contributed by atoms with Gasteiger partial charge >= 0.3 is 0 Å². The van der Waals surface area contributed by atoms with Gasteiger partial charge in [0.15, 0.2) is 0 Å². The third-order valence-electron chi connectivity index (χ3n) is 12.1. The summed E-state index contributed by atoms with van der Waals surface area (Å²) in [5.74, 6) is 0. The van der Waals surface area contributed by atoms with Crippen LogP contribution in [0.15, 0.2) is 66.9 Å². The topological polar surface area (TPSA) is 16.1 Å². The van der Waals surface area contributed by atoms with Crippen LogP contribution in [0.25, 0.3) is 10.1 Å². The van der Waals surface area contributed by atoms with Crippen LogP contribution in [0.2, 0.25) is 0 Å². The molecule has 4 heterocycles. The minimum absolute atomic E-state index is 0.0575. The molecule has 0 unspecified atom stereocenters. The van der Waals surface area contributed by atoms with Crippen molar-refractivity contribution in [1.82, 2.24) is 4.98 Å². The minimum Gasteiger partial charge on any atom is -0.310 e. The lowest BCUT2D eigenvalue weighted by Crippen LogP contribution is -2.63. The molecule has 1 aliphatic carbocycles. The lowest BCUT2D eigenvalue weighted by atomic mass is 9.33. The van der Waals surface area contributed by atoms with Crippen LogP contribution >= 0.6 is 11.3 Å². The number of pyridine rings is 1. The summed E-state index contributed by atoms with van der Waals surface area (Å²) in [6.45, 7) is 28.6. The predicted molar refractivity (Wildman–Crippen MR) is 210 cm³/mol. The minimum atomic E-state index is -0.214. The first kappa shape index (κ1) is 31.9. The highest BCUT2D eigenvalue weighted by Gasteiger charge is 2.49. The Bertz CT molecular complexity index is 2150. The van der Waals surface area contributed by atoms with E-state index in [1.807, 2.05) is 11.3 Å². The Hall–Kier alpha value is -3.37. The van der Waals surface area contributed by atoms with E-state index in [4.69, 9.17) is 4.98 Å². The van der Waals surface area contributed by atoms with E-state index < -0.39 is 0 Å². The quantitative estimate of drug-likeness (QED) is 0.165. The Kier molecular flexibility index (Phi) is 6.56. The van der Waals surface area contributed by atoms with Crippen LogP contribution in [-0.4, -0.2) is 11.7 Å². The fourth-order valence-corrected chi connectivity index (χ4v) is 10.2. The second-order valence-corrected chi connectivity index (χ2v) is 19.9. The van der Waals surface area contributed by atoms with E-state index in [2.05, 4.69) is 155 Å². The van der Waals surface area contributed by atoms with Gasteiger partial charge in [0, 0.05) is 43.5 Å². The zero-order chi connectivity index (χ0) is 34.3. The normalized spacial score (nSPS) is 18.7. The van der Waals surface area contributed by atoms with Crippen LogP contribution in [0, 0.1) is 0 Å². The highest BCUT2D eigenvalue weighted by molar-refractivity contribution is 7.33. The maximum Gasteiger partial charge on any atom is 0.262 e. The van der Waals surface area contributed by atoms with Gasteiger partial charge in [-0.2, -0.15) is 0 Å². The van der Waals surface area contributed by atoms with Gasteiger partial charge in [-0.15, -0.1) is 11.3 Å². The van der Waals surface area contributed by atoms with Gasteiger partial charge in [0.05, 0.1) is 5.69 Å². The molecule has 0 atom stereocenters. The van der Waals surface area contributed by atoms with E-state index in [1.165, 1.54) is 89.2 Å². The molecule has 0 saturated carbocycles. The first-order chi connectivity index (χ1) is 22.3. The number of rotatable bonds is 1. The summed E-state index contributed by atoms with van der Waals surface area (Å²) >= 11 is 1.99. The molecule has 3 aromatic carbocycles. The van der Waals surface area contributed by atoms with Crippen molar-refractivity contribution in [2.75, 3.05) is 4.90 Å². The zero-order valence-electron chi connectivity index (χ0n) is 31.1. The van der Waals surface area contributed by atoms with Crippen LogP contribution in [0.5, 0.6) is 0 Å². The van der Waals surface area contributed by atoms with Crippen molar-refractivity contribution in [3.8, 4) is 0 Å². The SMILES string of the molecule is CC(C)(C)c1ccc2c(c1)B1c3sc4ccc(C(C)(C)C)cc4c3N(c3ccc4c(c3)C(C)(C)CCC4(C)C)c3ccnc(c31)C2(C)C. The number of nitrogens with zero attached hydrogens (tertiary/aromatic N) is 2. The molecule has 0 saturated heterocycles. The zero-order valence-corrected chi connectivity index (χ0v) is 32.0. The second kappa shape index (κ2) is 9.87. The number of hydrogen-bond acceptors (Lipinski definition) is 3. The van der Waals surface area contributed by atoms with Crippen LogP contribution in [-0.2, 0) is 27.1 Å². The standard InChI is InChI=1S/C44H51BN2S/c1-40(2,3)26-14-18-35-29(23-26)37-39(48-35)45-33-24-27(41(4,5)6)13-16-31(33)44(11,12)38-36(45)34(19-22-46-38)47(37)28-15-17-30-32(25-28)43(9,10)21-20-42(30,7)8/h13-19,22-25H,20-21H2,1-12H3. The lowest BCUT2D eigenvalue weighted by Gasteiger charge is -2.45. The third-order valence-corrected chi connectivity index (χ3v) is 13.3. The Morgan fingerprint density at radius 1 is 0.708 bits per heavy atom. The monoisotopic (exact) mass is 650 g/mol. The van der Waals surface area contributed by atoms with Crippen LogP contribution in [0.1, 0.15) is 129 Å². The Labute approximate surface area is 293 Å². The molecular formula is C44H51BN2S. The van der Waals surface area contributed by atoms with Gasteiger partial charge in [-0.1, -0.05) is 119 Å². The highest BCUT2D eigenvalue weighted by Crippen LogP contribution is 2.51. The van der Waals surface area contributed by atoms with Gasteiger partial charge in [-0.05, 0) is 98.1 Å². The van der Waals surface area contributed by atoms with E-state index in [0.29, 0.717) is 0 Å². The van der Waals surface area contributed by atoms with Gasteiger partial charge in [-0.3, -0.25) is 4.98 Å². The molecule has 0 radical (unpaired) electrons. The molecule has 0 bridgehead atoms. The number of thiophene rings is 1. The number of fused-ring (bicyclic) bond motifs is 7. The lowest BCUT2D eigenvalue weighted by molar-refractivity contribution is 0.332. The first-order valence-corrected chi connectivity index (χ1v) is 18.8. The maximum atomic E-state index is 5.23. The molecule has 5 aromatic rings. The summed E-state index contributed by atoms with van der Waals surface area (Å²) in [7, 11) is 0. The van der Waals surface area contributed by atoms with Gasteiger partial charge in [0.2, 0.25) is 0 Å². The molecule has 246 valence electrons. The van der Waals surface area contributed by atoms with Crippen molar-refractivity contribution in [2.24, 2.45) is 0 Å². The molecule has 2 aliphatic heterocycles.